The maximum atomic E-state index is 12.4. The number of nitrogens with one attached hydrogen (secondary N) is 2. The van der Waals surface area contributed by atoms with E-state index in [0.29, 0.717) is 6.04 Å². The Morgan fingerprint density at radius 1 is 1.19 bits per heavy atom. The summed E-state index contributed by atoms with van der Waals surface area (Å²) in [5.74, 6) is 0.940. The molecular formula is C18H27N7O. The van der Waals surface area contributed by atoms with Crippen molar-refractivity contribution >= 4 is 23.2 Å². The van der Waals surface area contributed by atoms with Gasteiger partial charge in [0.05, 0.1) is 23.8 Å². The fourth-order valence-corrected chi connectivity index (χ4v) is 3.10. The number of rotatable bonds is 4. The number of carbonyl (C=O) groups excluding carboxylic acids is 1. The van der Waals surface area contributed by atoms with Crippen LogP contribution in [-0.4, -0.2) is 58.9 Å². The fraction of sp³-hybridized carbons (Fsp3) is 0.500. The summed E-state index contributed by atoms with van der Waals surface area (Å²) in [5.41, 5.74) is 1.75. The summed E-state index contributed by atoms with van der Waals surface area (Å²) in [5, 5.41) is 10.5. The van der Waals surface area contributed by atoms with Crippen LogP contribution in [0.2, 0.25) is 0 Å². The van der Waals surface area contributed by atoms with Gasteiger partial charge in [-0.15, -0.1) is 0 Å². The monoisotopic (exact) mass is 357 g/mol. The molecule has 26 heavy (non-hydrogen) atoms. The minimum Gasteiger partial charge on any atom is -0.381 e. The van der Waals surface area contributed by atoms with Crippen LogP contribution < -0.4 is 15.5 Å². The number of nitrogens with zero attached hydrogens (tertiary/aromatic N) is 5. The molecule has 2 N–H and O–H groups in total. The molecule has 1 unspecified atom stereocenters. The van der Waals surface area contributed by atoms with Crippen molar-refractivity contribution in [2.24, 2.45) is 7.05 Å². The normalized spacial score (nSPS) is 17.5. The SMILES string of the molecule is CN(C)c1ccc(NC2CCCN(C(=O)Nc3cnn(C)c3)CC2)cn1. The van der Waals surface area contributed by atoms with Crippen molar-refractivity contribution in [3.05, 3.63) is 30.7 Å². The lowest BCUT2D eigenvalue weighted by atomic mass is 10.1. The quantitative estimate of drug-likeness (QED) is 0.878. The van der Waals surface area contributed by atoms with Gasteiger partial charge in [0.2, 0.25) is 0 Å². The number of amides is 2. The van der Waals surface area contributed by atoms with Crippen LogP contribution >= 0.6 is 0 Å². The number of anilines is 3. The van der Waals surface area contributed by atoms with Gasteiger partial charge in [-0.05, 0) is 31.4 Å². The Balaban J connectivity index is 1.52. The molecule has 8 heteroatoms. The minimum absolute atomic E-state index is 0.0596. The number of pyridine rings is 1. The molecule has 0 saturated carbocycles. The van der Waals surface area contributed by atoms with Crippen LogP contribution in [0.15, 0.2) is 30.7 Å². The van der Waals surface area contributed by atoms with E-state index >= 15 is 0 Å². The number of aromatic nitrogens is 3. The minimum atomic E-state index is -0.0596. The highest BCUT2D eigenvalue weighted by Crippen LogP contribution is 2.19. The predicted octanol–water partition coefficient (Wildman–Crippen LogP) is 2.38. The number of carbonyl (C=O) groups is 1. The van der Waals surface area contributed by atoms with Gasteiger partial charge in [0, 0.05) is 46.5 Å². The molecule has 2 aromatic heterocycles. The average molecular weight is 357 g/mol. The zero-order valence-corrected chi connectivity index (χ0v) is 15.6. The number of aryl methyl sites for hydroxylation is 1. The lowest BCUT2D eigenvalue weighted by molar-refractivity contribution is 0.213. The number of urea groups is 1. The highest BCUT2D eigenvalue weighted by atomic mass is 16.2. The first-order valence-corrected chi connectivity index (χ1v) is 8.96. The molecule has 1 fully saturated rings. The van der Waals surface area contributed by atoms with E-state index in [4.69, 9.17) is 0 Å². The molecule has 0 radical (unpaired) electrons. The number of likely N-dealkylation sites (tertiary alicyclic amines) is 1. The molecule has 0 bridgehead atoms. The maximum absolute atomic E-state index is 12.4. The lowest BCUT2D eigenvalue weighted by Gasteiger charge is -2.21. The average Bonchev–Trinajstić information content (AvgIpc) is 2.88. The van der Waals surface area contributed by atoms with Crippen LogP contribution in [-0.2, 0) is 7.05 Å². The van der Waals surface area contributed by atoms with E-state index < -0.39 is 0 Å². The summed E-state index contributed by atoms with van der Waals surface area (Å²) < 4.78 is 1.67. The van der Waals surface area contributed by atoms with Gasteiger partial charge in [0.15, 0.2) is 0 Å². The Kier molecular flexibility index (Phi) is 5.60. The van der Waals surface area contributed by atoms with Crippen molar-refractivity contribution < 1.29 is 4.79 Å². The smallest absolute Gasteiger partial charge is 0.321 e. The van der Waals surface area contributed by atoms with E-state index in [9.17, 15) is 4.79 Å². The van der Waals surface area contributed by atoms with Gasteiger partial charge in [-0.25, -0.2) is 9.78 Å². The first-order chi connectivity index (χ1) is 12.5. The molecule has 1 saturated heterocycles. The van der Waals surface area contributed by atoms with Crippen LogP contribution in [0.4, 0.5) is 22.0 Å². The Morgan fingerprint density at radius 2 is 2.04 bits per heavy atom. The summed E-state index contributed by atoms with van der Waals surface area (Å²) in [4.78, 5) is 20.7. The van der Waals surface area contributed by atoms with E-state index in [-0.39, 0.29) is 6.03 Å². The van der Waals surface area contributed by atoms with Gasteiger partial charge in [-0.1, -0.05) is 0 Å². The van der Waals surface area contributed by atoms with Gasteiger partial charge >= 0.3 is 6.03 Å². The van der Waals surface area contributed by atoms with Crippen molar-refractivity contribution in [3.63, 3.8) is 0 Å². The number of hydrogen-bond acceptors (Lipinski definition) is 5. The largest absolute Gasteiger partial charge is 0.381 e. The predicted molar refractivity (Wildman–Crippen MR) is 104 cm³/mol. The Hall–Kier alpha value is -2.77. The molecule has 3 heterocycles. The van der Waals surface area contributed by atoms with Crippen molar-refractivity contribution in [3.8, 4) is 0 Å². The summed E-state index contributed by atoms with van der Waals surface area (Å²) in [7, 11) is 5.79. The van der Waals surface area contributed by atoms with Gasteiger partial charge < -0.3 is 20.4 Å². The molecule has 0 aromatic carbocycles. The Labute approximate surface area is 154 Å². The van der Waals surface area contributed by atoms with Crippen LogP contribution in [0.5, 0.6) is 0 Å². The molecule has 1 aliphatic rings. The summed E-state index contributed by atoms with van der Waals surface area (Å²) in [6.45, 7) is 1.50. The van der Waals surface area contributed by atoms with Crippen LogP contribution in [0.25, 0.3) is 0 Å². The summed E-state index contributed by atoms with van der Waals surface area (Å²) in [6.07, 6.45) is 8.24. The van der Waals surface area contributed by atoms with E-state index in [1.807, 2.05) is 43.2 Å². The third-order valence-corrected chi connectivity index (χ3v) is 4.55. The van der Waals surface area contributed by atoms with E-state index in [2.05, 4.69) is 26.8 Å². The summed E-state index contributed by atoms with van der Waals surface area (Å²) in [6, 6.07) is 4.35. The molecule has 0 aliphatic carbocycles. The molecule has 0 spiro atoms. The van der Waals surface area contributed by atoms with E-state index in [1.54, 1.807) is 17.1 Å². The van der Waals surface area contributed by atoms with Gasteiger partial charge in [-0.2, -0.15) is 5.10 Å². The van der Waals surface area contributed by atoms with Crippen LogP contribution in [0.1, 0.15) is 19.3 Å². The van der Waals surface area contributed by atoms with E-state index in [1.165, 1.54) is 0 Å². The Bertz CT molecular complexity index is 725. The van der Waals surface area contributed by atoms with Crippen molar-refractivity contribution in [2.45, 2.75) is 25.3 Å². The first-order valence-electron chi connectivity index (χ1n) is 8.96. The van der Waals surface area contributed by atoms with E-state index in [0.717, 1.165) is 49.5 Å². The molecule has 1 atom stereocenters. The maximum Gasteiger partial charge on any atom is 0.321 e. The van der Waals surface area contributed by atoms with Crippen molar-refractivity contribution in [2.75, 3.05) is 42.7 Å². The molecule has 1 aliphatic heterocycles. The first kappa shape index (κ1) is 18.0. The zero-order chi connectivity index (χ0) is 18.5. The van der Waals surface area contributed by atoms with Crippen LogP contribution in [0, 0.1) is 0 Å². The molecule has 2 amide bonds. The standard InChI is InChI=1S/C18H27N7O/c1-23(2)17-7-6-15(11-19-17)21-14-5-4-9-25(10-8-14)18(26)22-16-12-20-24(3)13-16/h6-7,11-14,21H,4-5,8-10H2,1-3H3,(H,22,26). The third-order valence-electron chi connectivity index (χ3n) is 4.55. The number of hydrogen-bond donors (Lipinski definition) is 2. The Morgan fingerprint density at radius 3 is 2.69 bits per heavy atom. The lowest BCUT2D eigenvalue weighted by Crippen LogP contribution is -2.36. The highest BCUT2D eigenvalue weighted by molar-refractivity contribution is 5.89. The van der Waals surface area contributed by atoms with Crippen molar-refractivity contribution in [1.29, 1.82) is 0 Å². The highest BCUT2D eigenvalue weighted by Gasteiger charge is 2.21. The zero-order valence-electron chi connectivity index (χ0n) is 15.6. The molecule has 2 aromatic rings. The second-order valence-corrected chi connectivity index (χ2v) is 6.89. The van der Waals surface area contributed by atoms with Crippen molar-refractivity contribution in [1.82, 2.24) is 19.7 Å². The fourth-order valence-electron chi connectivity index (χ4n) is 3.10. The molecular weight excluding hydrogens is 330 g/mol. The van der Waals surface area contributed by atoms with Gasteiger partial charge in [0.1, 0.15) is 5.82 Å². The van der Waals surface area contributed by atoms with Gasteiger partial charge in [0.25, 0.3) is 0 Å². The molecule has 8 nitrogen and oxygen atoms in total. The second-order valence-electron chi connectivity index (χ2n) is 6.89. The summed E-state index contributed by atoms with van der Waals surface area (Å²) >= 11 is 0. The molecule has 140 valence electrons. The second kappa shape index (κ2) is 8.07. The third kappa shape index (κ3) is 4.65. The topological polar surface area (TPSA) is 78.3 Å². The van der Waals surface area contributed by atoms with Gasteiger partial charge in [-0.3, -0.25) is 4.68 Å². The molecule has 3 rings (SSSR count). The van der Waals surface area contributed by atoms with Crippen LogP contribution in [0.3, 0.4) is 0 Å².